The minimum atomic E-state index is -0.427. The second-order valence-electron chi connectivity index (χ2n) is 3.68. The molecule has 15 heavy (non-hydrogen) atoms. The van der Waals surface area contributed by atoms with Crippen LogP contribution in [0.5, 0.6) is 0 Å². The molecule has 0 saturated heterocycles. The van der Waals surface area contributed by atoms with Crippen molar-refractivity contribution in [3.8, 4) is 0 Å². The first-order valence-corrected chi connectivity index (χ1v) is 4.76. The Balaban J connectivity index is 2.77. The van der Waals surface area contributed by atoms with E-state index in [2.05, 4.69) is 4.98 Å². The summed E-state index contributed by atoms with van der Waals surface area (Å²) in [6.07, 6.45) is 0. The van der Waals surface area contributed by atoms with Gasteiger partial charge in [0.15, 0.2) is 0 Å². The van der Waals surface area contributed by atoms with E-state index >= 15 is 0 Å². The van der Waals surface area contributed by atoms with Gasteiger partial charge in [-0.25, -0.2) is 0 Å². The third kappa shape index (κ3) is 1.68. The van der Waals surface area contributed by atoms with E-state index in [1.165, 1.54) is 0 Å². The van der Waals surface area contributed by atoms with Crippen molar-refractivity contribution >= 4 is 16.8 Å². The molecule has 0 spiro atoms. The number of hydrogen-bond donors (Lipinski definition) is 1. The van der Waals surface area contributed by atoms with Gasteiger partial charge < -0.3 is 5.73 Å². The number of amides is 1. The maximum atomic E-state index is 11.1. The van der Waals surface area contributed by atoms with Gasteiger partial charge in [0.1, 0.15) is 0 Å². The van der Waals surface area contributed by atoms with E-state index in [4.69, 9.17) is 5.73 Å². The van der Waals surface area contributed by atoms with Crippen LogP contribution in [-0.4, -0.2) is 10.9 Å². The number of nitrogens with zero attached hydrogens (tertiary/aromatic N) is 1. The summed E-state index contributed by atoms with van der Waals surface area (Å²) in [5.41, 5.74) is 8.47. The van der Waals surface area contributed by atoms with Crippen LogP contribution < -0.4 is 5.73 Å². The lowest BCUT2D eigenvalue weighted by atomic mass is 10.1. The number of hydrogen-bond acceptors (Lipinski definition) is 2. The SMILES string of the molecule is Cc1ccc2nc(C)c(C(N)=O)cc2c1. The number of rotatable bonds is 1. The number of fused-ring (bicyclic) bond motifs is 1. The average Bonchev–Trinajstić information content (AvgIpc) is 2.17. The maximum absolute atomic E-state index is 11.1. The largest absolute Gasteiger partial charge is 0.366 e. The number of primary amides is 1. The van der Waals surface area contributed by atoms with Gasteiger partial charge in [-0.15, -0.1) is 0 Å². The number of nitrogens with two attached hydrogens (primary N) is 1. The minimum absolute atomic E-state index is 0.427. The molecule has 0 atom stereocenters. The molecule has 0 bridgehead atoms. The first-order chi connectivity index (χ1) is 7.08. The van der Waals surface area contributed by atoms with Crippen LogP contribution in [0.25, 0.3) is 10.9 Å². The molecule has 2 rings (SSSR count). The van der Waals surface area contributed by atoms with Gasteiger partial charge in [-0.05, 0) is 32.0 Å². The van der Waals surface area contributed by atoms with Gasteiger partial charge in [0.25, 0.3) is 5.91 Å². The molecule has 0 saturated carbocycles. The zero-order valence-electron chi connectivity index (χ0n) is 8.74. The number of benzene rings is 1. The smallest absolute Gasteiger partial charge is 0.250 e. The van der Waals surface area contributed by atoms with Crippen molar-refractivity contribution in [3.63, 3.8) is 0 Å². The summed E-state index contributed by atoms with van der Waals surface area (Å²) in [6.45, 7) is 3.79. The Morgan fingerprint density at radius 2 is 2.00 bits per heavy atom. The van der Waals surface area contributed by atoms with Crippen LogP contribution in [0.2, 0.25) is 0 Å². The van der Waals surface area contributed by atoms with E-state index in [0.717, 1.165) is 16.5 Å². The molecule has 1 heterocycles. The van der Waals surface area contributed by atoms with Crippen molar-refractivity contribution in [1.29, 1.82) is 0 Å². The number of aryl methyl sites for hydroxylation is 2. The Morgan fingerprint density at radius 3 is 2.67 bits per heavy atom. The van der Waals surface area contributed by atoms with Gasteiger partial charge in [0, 0.05) is 5.39 Å². The summed E-state index contributed by atoms with van der Waals surface area (Å²) in [6, 6.07) is 7.74. The van der Waals surface area contributed by atoms with Gasteiger partial charge >= 0.3 is 0 Å². The Bertz CT molecular complexity index is 547. The van der Waals surface area contributed by atoms with Crippen LogP contribution >= 0.6 is 0 Å². The third-order valence-electron chi connectivity index (χ3n) is 2.43. The molecule has 1 aromatic heterocycles. The van der Waals surface area contributed by atoms with Crippen molar-refractivity contribution in [1.82, 2.24) is 4.98 Å². The van der Waals surface area contributed by atoms with E-state index in [1.54, 1.807) is 13.0 Å². The molecule has 1 amide bonds. The minimum Gasteiger partial charge on any atom is -0.366 e. The third-order valence-corrected chi connectivity index (χ3v) is 2.43. The first-order valence-electron chi connectivity index (χ1n) is 4.76. The van der Waals surface area contributed by atoms with Crippen molar-refractivity contribution in [3.05, 3.63) is 41.1 Å². The molecular weight excluding hydrogens is 188 g/mol. The normalized spacial score (nSPS) is 10.5. The molecule has 2 N–H and O–H groups in total. The first kappa shape index (κ1) is 9.65. The van der Waals surface area contributed by atoms with Crippen LogP contribution in [0.15, 0.2) is 24.3 Å². The Morgan fingerprint density at radius 1 is 1.27 bits per heavy atom. The second kappa shape index (κ2) is 3.35. The number of carbonyl (C=O) groups excluding carboxylic acids is 1. The van der Waals surface area contributed by atoms with Crippen LogP contribution in [0.1, 0.15) is 21.6 Å². The number of pyridine rings is 1. The molecule has 0 radical (unpaired) electrons. The molecule has 0 aliphatic carbocycles. The lowest BCUT2D eigenvalue weighted by molar-refractivity contribution is 0.0999. The van der Waals surface area contributed by atoms with Gasteiger partial charge in [-0.2, -0.15) is 0 Å². The maximum Gasteiger partial charge on any atom is 0.250 e. The summed E-state index contributed by atoms with van der Waals surface area (Å²) in [5, 5.41) is 0.953. The summed E-state index contributed by atoms with van der Waals surface area (Å²) in [4.78, 5) is 15.5. The Kier molecular flexibility index (Phi) is 2.15. The van der Waals surface area contributed by atoms with Crippen molar-refractivity contribution < 1.29 is 4.79 Å². The van der Waals surface area contributed by atoms with Crippen molar-refractivity contribution in [2.75, 3.05) is 0 Å². The topological polar surface area (TPSA) is 56.0 Å². The van der Waals surface area contributed by atoms with E-state index in [0.29, 0.717) is 11.3 Å². The molecule has 3 heteroatoms. The monoisotopic (exact) mass is 200 g/mol. The summed E-state index contributed by atoms with van der Waals surface area (Å²) in [5.74, 6) is -0.427. The lowest BCUT2D eigenvalue weighted by Crippen LogP contribution is -2.13. The molecule has 0 unspecified atom stereocenters. The average molecular weight is 200 g/mol. The fraction of sp³-hybridized carbons (Fsp3) is 0.167. The van der Waals surface area contributed by atoms with Gasteiger partial charge in [0.05, 0.1) is 16.8 Å². The van der Waals surface area contributed by atoms with E-state index < -0.39 is 5.91 Å². The fourth-order valence-electron chi connectivity index (χ4n) is 1.64. The second-order valence-corrected chi connectivity index (χ2v) is 3.68. The summed E-state index contributed by atoms with van der Waals surface area (Å²) in [7, 11) is 0. The summed E-state index contributed by atoms with van der Waals surface area (Å²) >= 11 is 0. The molecule has 3 nitrogen and oxygen atoms in total. The zero-order valence-corrected chi connectivity index (χ0v) is 8.74. The van der Waals surface area contributed by atoms with E-state index in [9.17, 15) is 4.79 Å². The van der Waals surface area contributed by atoms with Gasteiger partial charge in [-0.1, -0.05) is 11.6 Å². The Labute approximate surface area is 87.9 Å². The highest BCUT2D eigenvalue weighted by molar-refractivity contribution is 5.97. The molecule has 1 aromatic carbocycles. The highest BCUT2D eigenvalue weighted by Crippen LogP contribution is 2.17. The van der Waals surface area contributed by atoms with Crippen molar-refractivity contribution in [2.45, 2.75) is 13.8 Å². The molecular formula is C12H12N2O. The molecule has 0 aliphatic rings. The predicted molar refractivity (Wildman–Crippen MR) is 59.7 cm³/mol. The highest BCUT2D eigenvalue weighted by Gasteiger charge is 2.07. The van der Waals surface area contributed by atoms with Gasteiger partial charge in [-0.3, -0.25) is 9.78 Å². The fourth-order valence-corrected chi connectivity index (χ4v) is 1.64. The van der Waals surface area contributed by atoms with Crippen LogP contribution in [0.4, 0.5) is 0 Å². The van der Waals surface area contributed by atoms with Crippen LogP contribution in [-0.2, 0) is 0 Å². The van der Waals surface area contributed by atoms with Crippen LogP contribution in [0, 0.1) is 13.8 Å². The lowest BCUT2D eigenvalue weighted by Gasteiger charge is -2.04. The highest BCUT2D eigenvalue weighted by atomic mass is 16.1. The van der Waals surface area contributed by atoms with E-state index in [1.807, 2.05) is 25.1 Å². The van der Waals surface area contributed by atoms with Gasteiger partial charge in [0.2, 0.25) is 0 Å². The Hall–Kier alpha value is -1.90. The predicted octanol–water partition coefficient (Wildman–Crippen LogP) is 1.95. The quantitative estimate of drug-likeness (QED) is 0.764. The molecule has 76 valence electrons. The van der Waals surface area contributed by atoms with Crippen LogP contribution in [0.3, 0.4) is 0 Å². The zero-order chi connectivity index (χ0) is 11.0. The van der Waals surface area contributed by atoms with Crippen molar-refractivity contribution in [2.24, 2.45) is 5.73 Å². The molecule has 0 fully saturated rings. The number of carbonyl (C=O) groups is 1. The standard InChI is InChI=1S/C12H12N2O/c1-7-3-4-11-9(5-7)6-10(12(13)15)8(2)14-11/h3-6H,1-2H3,(H2,13,15). The van der Waals surface area contributed by atoms with E-state index in [-0.39, 0.29) is 0 Å². The molecule has 2 aromatic rings. The summed E-state index contributed by atoms with van der Waals surface area (Å²) < 4.78 is 0. The molecule has 0 aliphatic heterocycles. The number of aromatic nitrogens is 1.